The highest BCUT2D eigenvalue weighted by atomic mass is 16.6. The molecule has 1 unspecified atom stereocenters. The molecule has 1 atom stereocenters. The van der Waals surface area contributed by atoms with Crippen LogP contribution in [0.1, 0.15) is 62.8 Å². The molecule has 0 aromatic heterocycles. The van der Waals surface area contributed by atoms with Gasteiger partial charge in [0, 0.05) is 18.2 Å². The van der Waals surface area contributed by atoms with E-state index in [1.165, 1.54) is 11.1 Å². The quantitative estimate of drug-likeness (QED) is 0.308. The second-order valence-electron chi connectivity index (χ2n) is 10.6. The summed E-state index contributed by atoms with van der Waals surface area (Å²) in [5.41, 5.74) is 4.09. The van der Waals surface area contributed by atoms with Crippen LogP contribution in [0.15, 0.2) is 72.8 Å². The molecule has 0 saturated carbocycles. The molecule has 5 nitrogen and oxygen atoms in total. The topological polar surface area (TPSA) is 48.0 Å². The molecule has 0 fully saturated rings. The fourth-order valence-electron chi connectivity index (χ4n) is 4.77. The highest BCUT2D eigenvalue weighted by Crippen LogP contribution is 2.39. The lowest BCUT2D eigenvalue weighted by Crippen LogP contribution is -2.46. The third-order valence-electron chi connectivity index (χ3n) is 6.50. The molecule has 1 aliphatic carbocycles. The van der Waals surface area contributed by atoms with Gasteiger partial charge in [0.1, 0.15) is 18.8 Å². The normalized spacial score (nSPS) is 15.0. The molecule has 3 aromatic rings. The summed E-state index contributed by atoms with van der Waals surface area (Å²) in [5.74, 6) is 1.57. The number of rotatable bonds is 9. The lowest BCUT2D eigenvalue weighted by molar-refractivity contribution is 0.0146. The van der Waals surface area contributed by atoms with Gasteiger partial charge in [0.15, 0.2) is 11.5 Å². The number of carbonyl (C=O) groups excluding carboxylic acids is 1. The first-order chi connectivity index (χ1) is 17.8. The number of nitrogens with zero attached hydrogens (tertiary/aromatic N) is 1. The molecule has 196 valence electrons. The maximum Gasteiger partial charge on any atom is 0.410 e. The van der Waals surface area contributed by atoms with Crippen LogP contribution in [0.5, 0.6) is 11.5 Å². The third kappa shape index (κ3) is 7.28. The molecular weight excluding hydrogens is 462 g/mol. The van der Waals surface area contributed by atoms with Crippen molar-refractivity contribution in [3.05, 3.63) is 95.1 Å². The molecule has 0 saturated heterocycles. The van der Waals surface area contributed by atoms with Crippen LogP contribution >= 0.6 is 0 Å². The molecule has 0 radical (unpaired) electrons. The average molecular weight is 502 g/mol. The predicted molar refractivity (Wildman–Crippen MR) is 147 cm³/mol. The van der Waals surface area contributed by atoms with Crippen LogP contribution in [-0.2, 0) is 30.8 Å². The minimum absolute atomic E-state index is 0.0976. The predicted octanol–water partition coefficient (Wildman–Crippen LogP) is 7.35. The number of fused-ring (bicyclic) bond motifs is 1. The zero-order chi connectivity index (χ0) is 26.3. The Labute approximate surface area is 221 Å². The standard InChI is InChI=1S/C32H39NO4/c1-5-20-33(31(34)37-32(2,3)4)27-17-18-28-26(21-27)16-19-29(35-22-24-12-8-6-9-13-24)30(28)36-23-25-14-10-7-11-15-25/h6-16,19,27H,5,17-18,20-23H2,1-4H3. The lowest BCUT2D eigenvalue weighted by atomic mass is 9.86. The number of carbonyl (C=O) groups is 1. The Kier molecular flexibility index (Phi) is 8.75. The molecule has 0 heterocycles. The minimum Gasteiger partial charge on any atom is -0.485 e. The number of ether oxygens (including phenoxy) is 3. The molecule has 4 rings (SSSR count). The van der Waals surface area contributed by atoms with Crippen molar-refractivity contribution in [2.75, 3.05) is 6.54 Å². The Balaban J connectivity index is 1.57. The largest absolute Gasteiger partial charge is 0.485 e. The van der Waals surface area contributed by atoms with E-state index in [9.17, 15) is 4.79 Å². The summed E-state index contributed by atoms with van der Waals surface area (Å²) in [6.07, 6.45) is 3.10. The summed E-state index contributed by atoms with van der Waals surface area (Å²) in [4.78, 5) is 14.9. The van der Waals surface area contributed by atoms with Gasteiger partial charge >= 0.3 is 6.09 Å². The monoisotopic (exact) mass is 501 g/mol. The van der Waals surface area contributed by atoms with E-state index in [-0.39, 0.29) is 12.1 Å². The molecule has 0 spiro atoms. The number of benzene rings is 3. The summed E-state index contributed by atoms with van der Waals surface area (Å²) in [5, 5.41) is 0. The van der Waals surface area contributed by atoms with E-state index in [1.807, 2.05) is 68.1 Å². The Morgan fingerprint density at radius 3 is 2.11 bits per heavy atom. The van der Waals surface area contributed by atoms with E-state index in [1.54, 1.807) is 0 Å². The highest BCUT2D eigenvalue weighted by molar-refractivity contribution is 5.69. The zero-order valence-electron chi connectivity index (χ0n) is 22.5. The van der Waals surface area contributed by atoms with Gasteiger partial charge in [0.2, 0.25) is 0 Å². The van der Waals surface area contributed by atoms with E-state index in [0.717, 1.165) is 48.3 Å². The van der Waals surface area contributed by atoms with Crippen LogP contribution < -0.4 is 9.47 Å². The molecule has 0 bridgehead atoms. The van der Waals surface area contributed by atoms with E-state index < -0.39 is 5.60 Å². The molecule has 0 aliphatic heterocycles. The number of hydrogen-bond donors (Lipinski definition) is 0. The molecule has 1 amide bonds. The van der Waals surface area contributed by atoms with Gasteiger partial charge in [-0.05, 0) is 69.2 Å². The minimum atomic E-state index is -0.515. The van der Waals surface area contributed by atoms with Crippen LogP contribution in [0, 0.1) is 0 Å². The fraction of sp³-hybridized carbons (Fsp3) is 0.406. The molecule has 3 aromatic carbocycles. The first-order valence-corrected chi connectivity index (χ1v) is 13.3. The van der Waals surface area contributed by atoms with Crippen molar-refractivity contribution in [3.63, 3.8) is 0 Å². The van der Waals surface area contributed by atoms with Crippen LogP contribution in [0.25, 0.3) is 0 Å². The van der Waals surface area contributed by atoms with E-state index in [0.29, 0.717) is 19.8 Å². The summed E-state index contributed by atoms with van der Waals surface area (Å²) in [7, 11) is 0. The lowest BCUT2D eigenvalue weighted by Gasteiger charge is -2.36. The maximum atomic E-state index is 13.0. The summed E-state index contributed by atoms with van der Waals surface area (Å²) in [6, 6.07) is 24.6. The van der Waals surface area contributed by atoms with Gasteiger partial charge in [-0.2, -0.15) is 0 Å². The Bertz CT molecular complexity index is 1150. The SMILES string of the molecule is CCCN(C(=O)OC(C)(C)C)C1CCc2c(ccc(OCc3ccccc3)c2OCc2ccccc2)C1. The molecule has 5 heteroatoms. The zero-order valence-corrected chi connectivity index (χ0v) is 22.5. The van der Waals surface area contributed by atoms with Gasteiger partial charge in [-0.25, -0.2) is 4.79 Å². The van der Waals surface area contributed by atoms with E-state index in [4.69, 9.17) is 14.2 Å². The smallest absolute Gasteiger partial charge is 0.410 e. The number of amides is 1. The van der Waals surface area contributed by atoms with Gasteiger partial charge in [-0.15, -0.1) is 0 Å². The van der Waals surface area contributed by atoms with Gasteiger partial charge < -0.3 is 19.1 Å². The highest BCUT2D eigenvalue weighted by Gasteiger charge is 2.32. The van der Waals surface area contributed by atoms with Crippen molar-refractivity contribution in [1.82, 2.24) is 4.90 Å². The Hall–Kier alpha value is -3.47. The van der Waals surface area contributed by atoms with E-state index in [2.05, 4.69) is 37.3 Å². The second kappa shape index (κ2) is 12.2. The maximum absolute atomic E-state index is 13.0. The number of hydrogen-bond acceptors (Lipinski definition) is 4. The van der Waals surface area contributed by atoms with Crippen molar-refractivity contribution >= 4 is 6.09 Å². The molecule has 37 heavy (non-hydrogen) atoms. The average Bonchev–Trinajstić information content (AvgIpc) is 2.89. The van der Waals surface area contributed by atoms with Crippen LogP contribution in [-0.4, -0.2) is 29.2 Å². The van der Waals surface area contributed by atoms with Gasteiger partial charge in [-0.3, -0.25) is 0 Å². The Morgan fingerprint density at radius 1 is 0.892 bits per heavy atom. The van der Waals surface area contributed by atoms with Gasteiger partial charge in [-0.1, -0.05) is 73.7 Å². The van der Waals surface area contributed by atoms with E-state index >= 15 is 0 Å². The first-order valence-electron chi connectivity index (χ1n) is 13.3. The fourth-order valence-corrected chi connectivity index (χ4v) is 4.77. The van der Waals surface area contributed by atoms with Crippen molar-refractivity contribution in [3.8, 4) is 11.5 Å². The molecule has 1 aliphatic rings. The van der Waals surface area contributed by atoms with Gasteiger partial charge in [0.25, 0.3) is 0 Å². The van der Waals surface area contributed by atoms with Crippen molar-refractivity contribution in [2.45, 2.75) is 78.2 Å². The van der Waals surface area contributed by atoms with Crippen LogP contribution in [0.2, 0.25) is 0 Å². The first kappa shape index (κ1) is 26.6. The van der Waals surface area contributed by atoms with Crippen LogP contribution in [0.3, 0.4) is 0 Å². The van der Waals surface area contributed by atoms with Crippen molar-refractivity contribution in [2.24, 2.45) is 0 Å². The summed E-state index contributed by atoms with van der Waals surface area (Å²) < 4.78 is 18.5. The summed E-state index contributed by atoms with van der Waals surface area (Å²) in [6.45, 7) is 9.48. The molecule has 0 N–H and O–H groups in total. The Morgan fingerprint density at radius 2 is 1.51 bits per heavy atom. The van der Waals surface area contributed by atoms with Gasteiger partial charge in [0.05, 0.1) is 0 Å². The van der Waals surface area contributed by atoms with Crippen LogP contribution in [0.4, 0.5) is 4.79 Å². The van der Waals surface area contributed by atoms with Crippen molar-refractivity contribution in [1.29, 1.82) is 0 Å². The van der Waals surface area contributed by atoms with Crippen molar-refractivity contribution < 1.29 is 19.0 Å². The molecular formula is C32H39NO4. The summed E-state index contributed by atoms with van der Waals surface area (Å²) >= 11 is 0. The second-order valence-corrected chi connectivity index (χ2v) is 10.6. The third-order valence-corrected chi connectivity index (χ3v) is 6.50.